The second-order valence-electron chi connectivity index (χ2n) is 6.12. The predicted octanol–water partition coefficient (Wildman–Crippen LogP) is 4.53. The van der Waals surface area contributed by atoms with Gasteiger partial charge in [-0.2, -0.15) is 10.4 Å². The van der Waals surface area contributed by atoms with E-state index in [2.05, 4.69) is 10.4 Å². The molecule has 0 saturated heterocycles. The predicted molar refractivity (Wildman–Crippen MR) is 113 cm³/mol. The number of carbonyl (C=O) groups is 1. The molecule has 0 saturated carbocycles. The first-order valence-electron chi connectivity index (χ1n) is 9.01. The summed E-state index contributed by atoms with van der Waals surface area (Å²) >= 11 is 6.18. The molecule has 0 bridgehead atoms. The highest BCUT2D eigenvalue weighted by Crippen LogP contribution is 2.24. The highest BCUT2D eigenvalue weighted by molar-refractivity contribution is 6.31. The minimum absolute atomic E-state index is 0.0337. The van der Waals surface area contributed by atoms with Crippen molar-refractivity contribution in [1.82, 2.24) is 9.78 Å². The molecule has 1 aromatic heterocycles. The Balaban J connectivity index is 1.75. The summed E-state index contributed by atoms with van der Waals surface area (Å²) in [4.78, 5) is 12.5. The summed E-state index contributed by atoms with van der Waals surface area (Å²) in [5.74, 6) is 0.0340. The largest absolute Gasteiger partial charge is 0.492 e. The molecule has 1 amide bonds. The molecular weight excluding hydrogens is 388 g/mol. The average molecular weight is 407 g/mol. The van der Waals surface area contributed by atoms with Gasteiger partial charge in [-0.25, -0.2) is 0 Å². The van der Waals surface area contributed by atoms with Gasteiger partial charge in [0.2, 0.25) is 0 Å². The lowest BCUT2D eigenvalue weighted by molar-refractivity contribution is -0.112. The summed E-state index contributed by atoms with van der Waals surface area (Å²) in [7, 11) is 0. The van der Waals surface area contributed by atoms with Gasteiger partial charge in [0.05, 0.1) is 25.0 Å². The van der Waals surface area contributed by atoms with E-state index in [1.807, 2.05) is 43.3 Å². The van der Waals surface area contributed by atoms with Crippen molar-refractivity contribution in [3.63, 3.8) is 0 Å². The summed E-state index contributed by atoms with van der Waals surface area (Å²) in [6.07, 6.45) is 4.84. The van der Waals surface area contributed by atoms with Crippen LogP contribution in [-0.4, -0.2) is 22.3 Å². The Hall–Kier alpha value is -3.56. The molecule has 29 heavy (non-hydrogen) atoms. The van der Waals surface area contributed by atoms with Gasteiger partial charge in [0.25, 0.3) is 5.91 Å². The lowest BCUT2D eigenvalue weighted by atomic mass is 10.2. The molecule has 0 fully saturated rings. The number of aromatic nitrogens is 2. The third-order valence-corrected chi connectivity index (χ3v) is 4.42. The van der Waals surface area contributed by atoms with Crippen LogP contribution >= 0.6 is 11.6 Å². The number of benzene rings is 2. The molecule has 1 N–H and O–H groups in total. The molecule has 0 atom stereocenters. The quantitative estimate of drug-likeness (QED) is 0.461. The molecular formula is C22H19ClN4O2. The van der Waals surface area contributed by atoms with Gasteiger partial charge in [0, 0.05) is 16.8 Å². The van der Waals surface area contributed by atoms with Crippen LogP contribution in [0.5, 0.6) is 5.75 Å². The Labute approximate surface area is 174 Å². The Bertz CT molecular complexity index is 1080. The molecule has 0 aliphatic carbocycles. The van der Waals surface area contributed by atoms with Gasteiger partial charge < -0.3 is 10.1 Å². The van der Waals surface area contributed by atoms with Crippen LogP contribution in [0.4, 0.5) is 5.69 Å². The molecule has 146 valence electrons. The zero-order valence-corrected chi connectivity index (χ0v) is 16.6. The number of rotatable bonds is 7. The maximum Gasteiger partial charge on any atom is 0.266 e. The fourth-order valence-corrected chi connectivity index (χ4v) is 2.89. The summed E-state index contributed by atoms with van der Waals surface area (Å²) in [6, 6.07) is 16.5. The van der Waals surface area contributed by atoms with Crippen molar-refractivity contribution >= 4 is 29.3 Å². The van der Waals surface area contributed by atoms with Gasteiger partial charge in [0.15, 0.2) is 0 Å². The van der Waals surface area contributed by atoms with E-state index >= 15 is 0 Å². The van der Waals surface area contributed by atoms with Gasteiger partial charge in [-0.15, -0.1) is 0 Å². The lowest BCUT2D eigenvalue weighted by Crippen LogP contribution is -2.14. The third-order valence-electron chi connectivity index (χ3n) is 4.05. The number of anilines is 1. The van der Waals surface area contributed by atoms with Crippen LogP contribution in [0.1, 0.15) is 18.1 Å². The van der Waals surface area contributed by atoms with Crippen LogP contribution in [0.3, 0.4) is 0 Å². The number of nitrogens with zero attached hydrogens (tertiary/aromatic N) is 3. The van der Waals surface area contributed by atoms with Crippen LogP contribution in [0.2, 0.25) is 5.02 Å². The normalized spacial score (nSPS) is 11.0. The third kappa shape index (κ3) is 5.24. The van der Waals surface area contributed by atoms with E-state index in [9.17, 15) is 10.1 Å². The first-order valence-corrected chi connectivity index (χ1v) is 9.39. The molecule has 2 aromatic carbocycles. The first-order chi connectivity index (χ1) is 14.1. The first kappa shape index (κ1) is 20.2. The number of nitriles is 1. The summed E-state index contributed by atoms with van der Waals surface area (Å²) in [6.45, 7) is 2.82. The van der Waals surface area contributed by atoms with Crippen molar-refractivity contribution in [2.24, 2.45) is 0 Å². The molecule has 3 rings (SSSR count). The highest BCUT2D eigenvalue weighted by atomic mass is 35.5. The van der Waals surface area contributed by atoms with E-state index in [1.165, 1.54) is 6.08 Å². The molecule has 7 heteroatoms. The summed E-state index contributed by atoms with van der Waals surface area (Å²) in [5, 5.41) is 17.1. The van der Waals surface area contributed by atoms with Crippen LogP contribution < -0.4 is 10.1 Å². The second-order valence-corrected chi connectivity index (χ2v) is 6.52. The number of carbonyl (C=O) groups excluding carboxylic acids is 1. The minimum atomic E-state index is -0.515. The number of halogens is 1. The Morgan fingerprint density at radius 1 is 1.28 bits per heavy atom. The van der Waals surface area contributed by atoms with Crippen molar-refractivity contribution in [3.05, 3.63) is 82.6 Å². The van der Waals surface area contributed by atoms with Gasteiger partial charge in [-0.3, -0.25) is 9.48 Å². The van der Waals surface area contributed by atoms with E-state index in [1.54, 1.807) is 35.3 Å². The monoisotopic (exact) mass is 406 g/mol. The van der Waals surface area contributed by atoms with Crippen LogP contribution in [0.25, 0.3) is 6.08 Å². The number of ether oxygens (including phenoxy) is 1. The Kier molecular flexibility index (Phi) is 6.67. The minimum Gasteiger partial charge on any atom is -0.492 e. The Morgan fingerprint density at radius 3 is 2.79 bits per heavy atom. The summed E-state index contributed by atoms with van der Waals surface area (Å²) < 4.78 is 7.20. The molecule has 1 heterocycles. The van der Waals surface area contributed by atoms with Crippen molar-refractivity contribution in [3.8, 4) is 11.8 Å². The molecule has 0 spiro atoms. The SMILES string of the molecule is CCOc1ccccc1NC(=O)/C(C#N)=C/c1cnn(Cc2ccccc2Cl)c1. The molecule has 0 aliphatic heterocycles. The fraction of sp³-hybridized carbons (Fsp3) is 0.136. The molecule has 6 nitrogen and oxygen atoms in total. The fourth-order valence-electron chi connectivity index (χ4n) is 2.70. The van der Waals surface area contributed by atoms with Gasteiger partial charge in [-0.1, -0.05) is 41.9 Å². The number of para-hydroxylation sites is 2. The number of nitrogens with one attached hydrogen (secondary N) is 1. The lowest BCUT2D eigenvalue weighted by Gasteiger charge is -2.10. The molecule has 0 radical (unpaired) electrons. The smallest absolute Gasteiger partial charge is 0.266 e. The molecule has 3 aromatic rings. The van der Waals surface area contributed by atoms with Gasteiger partial charge in [-0.05, 0) is 36.8 Å². The average Bonchev–Trinajstić information content (AvgIpc) is 3.16. The highest BCUT2D eigenvalue weighted by Gasteiger charge is 2.13. The van der Waals surface area contributed by atoms with Crippen LogP contribution in [0.15, 0.2) is 66.5 Å². The standard InChI is InChI=1S/C22H19ClN4O2/c1-2-29-21-10-6-5-9-20(21)26-22(28)18(12-24)11-16-13-25-27(14-16)15-17-7-3-4-8-19(17)23/h3-11,13-14H,2,15H2,1H3,(H,26,28)/b18-11+. The zero-order chi connectivity index (χ0) is 20.6. The van der Waals surface area contributed by atoms with Crippen molar-refractivity contribution in [2.45, 2.75) is 13.5 Å². The number of hydrogen-bond acceptors (Lipinski definition) is 4. The molecule has 0 aliphatic rings. The topological polar surface area (TPSA) is 79.9 Å². The maximum absolute atomic E-state index is 12.5. The van der Waals surface area contributed by atoms with Crippen LogP contribution in [-0.2, 0) is 11.3 Å². The van der Waals surface area contributed by atoms with E-state index in [4.69, 9.17) is 16.3 Å². The maximum atomic E-state index is 12.5. The van der Waals surface area contributed by atoms with Crippen molar-refractivity contribution in [2.75, 3.05) is 11.9 Å². The Morgan fingerprint density at radius 2 is 2.03 bits per heavy atom. The second kappa shape index (κ2) is 9.58. The van der Waals surface area contributed by atoms with E-state index in [0.717, 1.165) is 5.56 Å². The van der Waals surface area contributed by atoms with Crippen molar-refractivity contribution < 1.29 is 9.53 Å². The number of amides is 1. The van der Waals surface area contributed by atoms with E-state index in [0.29, 0.717) is 35.2 Å². The van der Waals surface area contributed by atoms with E-state index in [-0.39, 0.29) is 5.57 Å². The van der Waals surface area contributed by atoms with Gasteiger partial charge in [0.1, 0.15) is 17.4 Å². The number of hydrogen-bond donors (Lipinski definition) is 1. The van der Waals surface area contributed by atoms with E-state index < -0.39 is 5.91 Å². The molecule has 0 unspecified atom stereocenters. The zero-order valence-electron chi connectivity index (χ0n) is 15.8. The van der Waals surface area contributed by atoms with Crippen molar-refractivity contribution in [1.29, 1.82) is 5.26 Å². The van der Waals surface area contributed by atoms with Crippen LogP contribution in [0, 0.1) is 11.3 Å². The van der Waals surface area contributed by atoms with Gasteiger partial charge >= 0.3 is 0 Å². The summed E-state index contributed by atoms with van der Waals surface area (Å²) in [5.41, 5.74) is 2.05.